The Labute approximate surface area is 121 Å². The van der Waals surface area contributed by atoms with E-state index in [1.807, 2.05) is 6.07 Å². The maximum atomic E-state index is 12.0. The molecule has 2 aromatic heterocycles. The summed E-state index contributed by atoms with van der Waals surface area (Å²) in [5.41, 5.74) is 0.918. The maximum absolute atomic E-state index is 12.0. The largest absolute Gasteiger partial charge is 0.480 e. The van der Waals surface area contributed by atoms with Crippen molar-refractivity contribution in [3.63, 3.8) is 0 Å². The summed E-state index contributed by atoms with van der Waals surface area (Å²) in [4.78, 5) is 14.4. The number of carboxylic acids is 1. The molecule has 2 rings (SSSR count). The van der Waals surface area contributed by atoms with Gasteiger partial charge in [0.25, 0.3) is 0 Å². The molecule has 0 aliphatic rings. The van der Waals surface area contributed by atoms with E-state index in [9.17, 15) is 13.2 Å². The fraction of sp³-hybridized carbons (Fsp3) is 0.250. The van der Waals surface area contributed by atoms with Crippen molar-refractivity contribution in [2.75, 3.05) is 6.54 Å². The van der Waals surface area contributed by atoms with Crippen molar-refractivity contribution in [3.05, 3.63) is 42.5 Å². The van der Waals surface area contributed by atoms with E-state index in [0.29, 0.717) is 6.42 Å². The van der Waals surface area contributed by atoms with Crippen LogP contribution >= 0.6 is 0 Å². The lowest BCUT2D eigenvalue weighted by Gasteiger charge is -2.04. The molecule has 0 saturated carbocycles. The van der Waals surface area contributed by atoms with Crippen LogP contribution in [0.1, 0.15) is 5.56 Å². The molecule has 2 heterocycles. The fourth-order valence-electron chi connectivity index (χ4n) is 1.67. The van der Waals surface area contributed by atoms with Crippen LogP contribution in [0.4, 0.5) is 0 Å². The van der Waals surface area contributed by atoms with Gasteiger partial charge in [0.1, 0.15) is 11.4 Å². The minimum absolute atomic E-state index is 0.0602. The molecule has 0 saturated heterocycles. The van der Waals surface area contributed by atoms with Gasteiger partial charge in [-0.25, -0.2) is 13.1 Å². The van der Waals surface area contributed by atoms with Crippen molar-refractivity contribution < 1.29 is 18.3 Å². The van der Waals surface area contributed by atoms with E-state index in [0.717, 1.165) is 16.4 Å². The predicted molar refractivity (Wildman–Crippen MR) is 73.0 cm³/mol. The zero-order valence-electron chi connectivity index (χ0n) is 11.0. The molecule has 0 unspecified atom stereocenters. The molecule has 21 heavy (non-hydrogen) atoms. The SMILES string of the molecule is O=C(O)Cn1cc(S(=O)(=O)NCCc2cccnc2)cn1. The van der Waals surface area contributed by atoms with Crippen molar-refractivity contribution in [3.8, 4) is 0 Å². The van der Waals surface area contributed by atoms with Crippen molar-refractivity contribution in [2.45, 2.75) is 17.9 Å². The first kappa shape index (κ1) is 15.1. The first-order chi connectivity index (χ1) is 9.97. The van der Waals surface area contributed by atoms with Crippen LogP contribution in [0, 0.1) is 0 Å². The quantitative estimate of drug-likeness (QED) is 0.737. The summed E-state index contributed by atoms with van der Waals surface area (Å²) in [6, 6.07) is 3.63. The van der Waals surface area contributed by atoms with Crippen LogP contribution in [0.25, 0.3) is 0 Å². The predicted octanol–water partition coefficient (Wildman–Crippen LogP) is -0.116. The van der Waals surface area contributed by atoms with E-state index in [1.54, 1.807) is 18.5 Å². The molecule has 9 heteroatoms. The second kappa shape index (κ2) is 6.46. The van der Waals surface area contributed by atoms with Gasteiger partial charge in [0.05, 0.1) is 6.20 Å². The lowest BCUT2D eigenvalue weighted by molar-refractivity contribution is -0.137. The van der Waals surface area contributed by atoms with Gasteiger partial charge in [-0.3, -0.25) is 14.5 Å². The van der Waals surface area contributed by atoms with Gasteiger partial charge in [-0.15, -0.1) is 0 Å². The Morgan fingerprint density at radius 2 is 2.19 bits per heavy atom. The molecule has 0 aliphatic heterocycles. The third kappa shape index (κ3) is 4.36. The Morgan fingerprint density at radius 3 is 2.86 bits per heavy atom. The molecule has 2 N–H and O–H groups in total. The highest BCUT2D eigenvalue weighted by Gasteiger charge is 2.16. The molecule has 0 aromatic carbocycles. The highest BCUT2D eigenvalue weighted by molar-refractivity contribution is 7.89. The second-order valence-corrected chi connectivity index (χ2v) is 6.04. The van der Waals surface area contributed by atoms with E-state index in [4.69, 9.17) is 5.11 Å². The summed E-state index contributed by atoms with van der Waals surface area (Å²) in [7, 11) is -3.69. The van der Waals surface area contributed by atoms with Gasteiger partial charge in [0, 0.05) is 25.1 Å². The molecule has 0 fully saturated rings. The number of rotatable bonds is 7. The topological polar surface area (TPSA) is 114 Å². The van der Waals surface area contributed by atoms with Gasteiger partial charge in [-0.05, 0) is 18.1 Å². The maximum Gasteiger partial charge on any atom is 0.325 e. The molecular formula is C12H14N4O4S. The molecular weight excluding hydrogens is 296 g/mol. The summed E-state index contributed by atoms with van der Waals surface area (Å²) in [5.74, 6) is -1.09. The fourth-order valence-corrected chi connectivity index (χ4v) is 2.65. The molecule has 2 aromatic rings. The van der Waals surface area contributed by atoms with Crippen molar-refractivity contribution >= 4 is 16.0 Å². The normalized spacial score (nSPS) is 11.4. The molecule has 112 valence electrons. The Balaban J connectivity index is 1.95. The summed E-state index contributed by atoms with van der Waals surface area (Å²) in [5, 5.41) is 12.3. The first-order valence-corrected chi connectivity index (χ1v) is 7.58. The Kier molecular flexibility index (Phi) is 4.66. The lowest BCUT2D eigenvalue weighted by atomic mass is 10.2. The smallest absolute Gasteiger partial charge is 0.325 e. The summed E-state index contributed by atoms with van der Waals surface area (Å²) in [6.07, 6.45) is 6.12. The number of hydrogen-bond donors (Lipinski definition) is 2. The minimum Gasteiger partial charge on any atom is -0.480 e. The number of pyridine rings is 1. The van der Waals surface area contributed by atoms with Gasteiger partial charge in [0.2, 0.25) is 10.0 Å². The Bertz CT molecular complexity index is 712. The molecule has 0 radical (unpaired) electrons. The average molecular weight is 310 g/mol. The van der Waals surface area contributed by atoms with Crippen molar-refractivity contribution in [2.24, 2.45) is 0 Å². The lowest BCUT2D eigenvalue weighted by Crippen LogP contribution is -2.25. The van der Waals surface area contributed by atoms with Crippen LogP contribution in [0.5, 0.6) is 0 Å². The summed E-state index contributed by atoms with van der Waals surface area (Å²) >= 11 is 0. The first-order valence-electron chi connectivity index (χ1n) is 6.10. The minimum atomic E-state index is -3.69. The molecule has 0 bridgehead atoms. The van der Waals surface area contributed by atoms with E-state index >= 15 is 0 Å². The van der Waals surface area contributed by atoms with E-state index in [2.05, 4.69) is 14.8 Å². The number of hydrogen-bond acceptors (Lipinski definition) is 5. The van der Waals surface area contributed by atoms with Crippen LogP contribution in [0.15, 0.2) is 41.8 Å². The molecule has 0 spiro atoms. The van der Waals surface area contributed by atoms with Crippen molar-refractivity contribution in [1.82, 2.24) is 19.5 Å². The monoisotopic (exact) mass is 310 g/mol. The molecule has 0 aliphatic carbocycles. The van der Waals surface area contributed by atoms with Crippen LogP contribution in [0.3, 0.4) is 0 Å². The standard InChI is InChI=1S/C12H14N4O4S/c17-12(18)9-16-8-11(7-14-16)21(19,20)15-5-3-10-2-1-4-13-6-10/h1-2,4,6-8,15H,3,5,9H2,(H,17,18). The Hall–Kier alpha value is -2.26. The number of carboxylic acid groups (broad SMARTS) is 1. The van der Waals surface area contributed by atoms with Gasteiger partial charge in [-0.1, -0.05) is 6.07 Å². The highest BCUT2D eigenvalue weighted by Crippen LogP contribution is 2.07. The zero-order chi connectivity index (χ0) is 15.3. The number of carbonyl (C=O) groups is 1. The summed E-state index contributed by atoms with van der Waals surface area (Å²) in [6.45, 7) is -0.163. The van der Waals surface area contributed by atoms with Gasteiger partial charge in [-0.2, -0.15) is 5.10 Å². The van der Waals surface area contributed by atoms with E-state index in [-0.39, 0.29) is 18.0 Å². The highest BCUT2D eigenvalue weighted by atomic mass is 32.2. The van der Waals surface area contributed by atoms with Crippen LogP contribution < -0.4 is 4.72 Å². The molecule has 0 atom stereocenters. The van der Waals surface area contributed by atoms with Gasteiger partial charge >= 0.3 is 5.97 Å². The second-order valence-electron chi connectivity index (χ2n) is 4.28. The van der Waals surface area contributed by atoms with Crippen molar-refractivity contribution in [1.29, 1.82) is 0 Å². The molecule has 8 nitrogen and oxygen atoms in total. The van der Waals surface area contributed by atoms with Crippen LogP contribution in [-0.2, 0) is 27.8 Å². The average Bonchev–Trinajstić information content (AvgIpc) is 2.88. The van der Waals surface area contributed by atoms with Crippen LogP contribution in [0.2, 0.25) is 0 Å². The Morgan fingerprint density at radius 1 is 1.38 bits per heavy atom. The van der Waals surface area contributed by atoms with Gasteiger partial charge < -0.3 is 5.11 Å². The van der Waals surface area contributed by atoms with Gasteiger partial charge in [0.15, 0.2) is 0 Å². The number of sulfonamides is 1. The zero-order valence-corrected chi connectivity index (χ0v) is 11.8. The van der Waals surface area contributed by atoms with Crippen LogP contribution in [-0.4, -0.2) is 40.8 Å². The molecule has 0 amide bonds. The number of aliphatic carboxylic acids is 1. The third-order valence-electron chi connectivity index (χ3n) is 2.65. The number of nitrogens with zero attached hydrogens (tertiary/aromatic N) is 3. The van der Waals surface area contributed by atoms with E-state index in [1.165, 1.54) is 6.20 Å². The number of aromatic nitrogens is 3. The van der Waals surface area contributed by atoms with E-state index < -0.39 is 16.0 Å². The summed E-state index contributed by atoms with van der Waals surface area (Å²) < 4.78 is 27.5. The number of nitrogens with one attached hydrogen (secondary N) is 1. The third-order valence-corrected chi connectivity index (χ3v) is 4.06.